The van der Waals surface area contributed by atoms with Gasteiger partial charge in [0.1, 0.15) is 17.3 Å². The molecule has 1 fully saturated rings. The highest BCUT2D eigenvalue weighted by Gasteiger charge is 2.45. The SMILES string of the molecule is CCOc1ccc([C@@H]2C(=C(O)c3cccc(OC)c3)C(=O)C(=O)N2CCCOC)cc1. The number of carbonyl (C=O) groups is 2. The van der Waals surface area contributed by atoms with Crippen LogP contribution in [0.3, 0.4) is 0 Å². The Morgan fingerprint density at radius 1 is 1.06 bits per heavy atom. The maximum absolute atomic E-state index is 13.0. The average molecular weight is 425 g/mol. The summed E-state index contributed by atoms with van der Waals surface area (Å²) in [4.78, 5) is 27.3. The molecule has 3 rings (SSSR count). The van der Waals surface area contributed by atoms with Crippen molar-refractivity contribution in [3.05, 3.63) is 65.2 Å². The van der Waals surface area contributed by atoms with Crippen LogP contribution in [-0.2, 0) is 14.3 Å². The van der Waals surface area contributed by atoms with E-state index in [1.54, 1.807) is 43.5 Å². The summed E-state index contributed by atoms with van der Waals surface area (Å²) in [7, 11) is 3.11. The minimum Gasteiger partial charge on any atom is -0.507 e. The van der Waals surface area contributed by atoms with Gasteiger partial charge in [-0.25, -0.2) is 0 Å². The number of hydrogen-bond donors (Lipinski definition) is 1. The van der Waals surface area contributed by atoms with Gasteiger partial charge in [0, 0.05) is 25.8 Å². The van der Waals surface area contributed by atoms with Crippen LogP contribution in [0, 0.1) is 0 Å². The van der Waals surface area contributed by atoms with E-state index in [0.29, 0.717) is 48.8 Å². The number of hydrogen-bond acceptors (Lipinski definition) is 6. The van der Waals surface area contributed by atoms with E-state index in [4.69, 9.17) is 14.2 Å². The number of amides is 1. The highest BCUT2D eigenvalue weighted by Crippen LogP contribution is 2.40. The molecule has 31 heavy (non-hydrogen) atoms. The number of carbonyl (C=O) groups excluding carboxylic acids is 2. The lowest BCUT2D eigenvalue weighted by molar-refractivity contribution is -0.140. The summed E-state index contributed by atoms with van der Waals surface area (Å²) in [6.07, 6.45) is 0.566. The van der Waals surface area contributed by atoms with Crippen molar-refractivity contribution in [1.29, 1.82) is 0 Å². The predicted molar refractivity (Wildman–Crippen MR) is 116 cm³/mol. The lowest BCUT2D eigenvalue weighted by Gasteiger charge is -2.25. The second-order valence-corrected chi connectivity index (χ2v) is 7.07. The summed E-state index contributed by atoms with van der Waals surface area (Å²) in [5.74, 6) is -0.354. The Morgan fingerprint density at radius 3 is 2.45 bits per heavy atom. The van der Waals surface area contributed by atoms with Crippen LogP contribution in [0.1, 0.15) is 30.5 Å². The van der Waals surface area contributed by atoms with E-state index < -0.39 is 17.7 Å². The minimum atomic E-state index is -0.711. The molecular weight excluding hydrogens is 398 g/mol. The number of nitrogens with zero attached hydrogens (tertiary/aromatic N) is 1. The molecule has 0 aromatic heterocycles. The first-order chi connectivity index (χ1) is 15.0. The topological polar surface area (TPSA) is 85.3 Å². The molecule has 0 unspecified atom stereocenters. The van der Waals surface area contributed by atoms with Crippen LogP contribution in [0.4, 0.5) is 0 Å². The van der Waals surface area contributed by atoms with E-state index in [9.17, 15) is 14.7 Å². The van der Waals surface area contributed by atoms with Crippen molar-refractivity contribution in [3.63, 3.8) is 0 Å². The highest BCUT2D eigenvalue weighted by molar-refractivity contribution is 6.46. The summed E-state index contributed by atoms with van der Waals surface area (Å²) < 4.78 is 15.8. The summed E-state index contributed by atoms with van der Waals surface area (Å²) in [5.41, 5.74) is 1.18. The molecule has 1 heterocycles. The van der Waals surface area contributed by atoms with Gasteiger partial charge in [-0.15, -0.1) is 0 Å². The summed E-state index contributed by atoms with van der Waals surface area (Å²) in [5, 5.41) is 11.1. The molecule has 2 aromatic rings. The second-order valence-electron chi connectivity index (χ2n) is 7.07. The normalized spacial score (nSPS) is 17.8. The van der Waals surface area contributed by atoms with Gasteiger partial charge in [0.15, 0.2) is 0 Å². The van der Waals surface area contributed by atoms with Crippen molar-refractivity contribution in [2.75, 3.05) is 34.0 Å². The van der Waals surface area contributed by atoms with Gasteiger partial charge in [0.2, 0.25) is 0 Å². The first kappa shape index (κ1) is 22.4. The third-order valence-electron chi connectivity index (χ3n) is 5.14. The van der Waals surface area contributed by atoms with Crippen molar-refractivity contribution in [2.45, 2.75) is 19.4 Å². The molecule has 1 amide bonds. The minimum absolute atomic E-state index is 0.0554. The molecule has 7 heteroatoms. The molecule has 1 atom stereocenters. The second kappa shape index (κ2) is 10.1. The number of likely N-dealkylation sites (tertiary alicyclic amines) is 1. The summed E-state index contributed by atoms with van der Waals surface area (Å²) in [6, 6.07) is 13.2. The van der Waals surface area contributed by atoms with E-state index in [-0.39, 0.29) is 11.3 Å². The lowest BCUT2D eigenvalue weighted by atomic mass is 9.95. The quantitative estimate of drug-likeness (QED) is 0.286. The van der Waals surface area contributed by atoms with E-state index in [1.165, 1.54) is 12.0 Å². The summed E-state index contributed by atoms with van der Waals surface area (Å²) >= 11 is 0. The van der Waals surface area contributed by atoms with Crippen LogP contribution in [0.2, 0.25) is 0 Å². The highest BCUT2D eigenvalue weighted by atomic mass is 16.5. The molecule has 0 saturated carbocycles. The van der Waals surface area contributed by atoms with Crippen molar-refractivity contribution in [3.8, 4) is 11.5 Å². The maximum Gasteiger partial charge on any atom is 0.295 e. The maximum atomic E-state index is 13.0. The van der Waals surface area contributed by atoms with Gasteiger partial charge in [-0.3, -0.25) is 9.59 Å². The zero-order chi connectivity index (χ0) is 22.4. The van der Waals surface area contributed by atoms with Gasteiger partial charge in [0.05, 0.1) is 25.3 Å². The Balaban J connectivity index is 2.09. The van der Waals surface area contributed by atoms with E-state index in [1.807, 2.05) is 19.1 Å². The first-order valence-electron chi connectivity index (χ1n) is 10.2. The van der Waals surface area contributed by atoms with Gasteiger partial charge >= 0.3 is 0 Å². The van der Waals surface area contributed by atoms with Crippen molar-refractivity contribution >= 4 is 17.4 Å². The van der Waals surface area contributed by atoms with Crippen LogP contribution < -0.4 is 9.47 Å². The van der Waals surface area contributed by atoms with E-state index in [0.717, 1.165) is 0 Å². The zero-order valence-electron chi connectivity index (χ0n) is 18.0. The number of rotatable bonds is 9. The number of aliphatic hydroxyl groups is 1. The van der Waals surface area contributed by atoms with E-state index in [2.05, 4.69) is 0 Å². The number of ether oxygens (including phenoxy) is 3. The molecule has 7 nitrogen and oxygen atoms in total. The third kappa shape index (κ3) is 4.72. The van der Waals surface area contributed by atoms with Crippen LogP contribution in [0.5, 0.6) is 11.5 Å². The molecule has 0 aliphatic carbocycles. The molecule has 0 bridgehead atoms. The molecule has 164 valence electrons. The third-order valence-corrected chi connectivity index (χ3v) is 5.14. The summed E-state index contributed by atoms with van der Waals surface area (Å²) in [6.45, 7) is 3.21. The number of ketones is 1. The average Bonchev–Trinajstić information content (AvgIpc) is 3.04. The molecule has 0 spiro atoms. The van der Waals surface area contributed by atoms with Gasteiger partial charge in [0.25, 0.3) is 11.7 Å². The fourth-order valence-electron chi connectivity index (χ4n) is 3.68. The molecule has 1 aliphatic rings. The van der Waals surface area contributed by atoms with Gasteiger partial charge in [-0.05, 0) is 43.2 Å². The molecule has 0 radical (unpaired) electrons. The number of aliphatic hydroxyl groups excluding tert-OH is 1. The Morgan fingerprint density at radius 2 is 1.81 bits per heavy atom. The number of methoxy groups -OCH3 is 2. The van der Waals surface area contributed by atoms with Crippen molar-refractivity contribution < 1.29 is 28.9 Å². The van der Waals surface area contributed by atoms with Gasteiger partial charge in [-0.1, -0.05) is 24.3 Å². The van der Waals surface area contributed by atoms with Crippen molar-refractivity contribution in [2.24, 2.45) is 0 Å². The predicted octanol–water partition coefficient (Wildman–Crippen LogP) is 3.55. The van der Waals surface area contributed by atoms with Gasteiger partial charge < -0.3 is 24.2 Å². The Labute approximate surface area is 181 Å². The molecule has 1 aliphatic heterocycles. The fraction of sp³-hybridized carbons (Fsp3) is 0.333. The zero-order valence-corrected chi connectivity index (χ0v) is 18.0. The molecule has 2 aromatic carbocycles. The Kier molecular flexibility index (Phi) is 7.31. The standard InChI is InChI=1S/C24H27NO6/c1-4-31-18-11-9-16(10-12-18)21-20(22(26)17-7-5-8-19(15-17)30-3)23(27)24(28)25(21)13-6-14-29-2/h5,7-12,15,21,26H,4,6,13-14H2,1-3H3/t21-/m1/s1. The first-order valence-corrected chi connectivity index (χ1v) is 10.2. The Bertz CT molecular complexity index is 966. The molecule has 1 saturated heterocycles. The monoisotopic (exact) mass is 425 g/mol. The smallest absolute Gasteiger partial charge is 0.295 e. The lowest BCUT2D eigenvalue weighted by Crippen LogP contribution is -2.31. The molecule has 1 N–H and O–H groups in total. The Hall–Kier alpha value is -3.32. The van der Waals surface area contributed by atoms with E-state index >= 15 is 0 Å². The fourth-order valence-corrected chi connectivity index (χ4v) is 3.68. The largest absolute Gasteiger partial charge is 0.507 e. The van der Waals surface area contributed by atoms with Crippen LogP contribution in [-0.4, -0.2) is 55.7 Å². The van der Waals surface area contributed by atoms with Crippen LogP contribution in [0.15, 0.2) is 54.1 Å². The molecular formula is C24H27NO6. The van der Waals surface area contributed by atoms with Crippen molar-refractivity contribution in [1.82, 2.24) is 4.90 Å². The number of Topliss-reactive ketones (excluding diaryl/α,β-unsaturated/α-hetero) is 1. The van der Waals surface area contributed by atoms with Gasteiger partial charge in [-0.2, -0.15) is 0 Å². The van der Waals surface area contributed by atoms with Crippen LogP contribution >= 0.6 is 0 Å². The number of benzene rings is 2. The van der Waals surface area contributed by atoms with Crippen LogP contribution in [0.25, 0.3) is 5.76 Å².